The van der Waals surface area contributed by atoms with Crippen molar-refractivity contribution in [1.82, 2.24) is 0 Å². The van der Waals surface area contributed by atoms with Crippen LogP contribution in [0.2, 0.25) is 0 Å². The molecule has 0 fully saturated rings. The Kier molecular flexibility index (Phi) is 5.17. The normalized spacial score (nSPS) is 13.9. The molecule has 2 aromatic rings. The molecule has 0 spiro atoms. The van der Waals surface area contributed by atoms with Crippen molar-refractivity contribution in [2.45, 2.75) is 19.8 Å². The summed E-state index contributed by atoms with van der Waals surface area (Å²) >= 11 is 0. The number of hydrogen-bond donors (Lipinski definition) is 1. The van der Waals surface area contributed by atoms with Crippen LogP contribution in [0.3, 0.4) is 0 Å². The van der Waals surface area contributed by atoms with Crippen molar-refractivity contribution in [3.8, 4) is 5.75 Å². The van der Waals surface area contributed by atoms with Crippen LogP contribution in [0.1, 0.15) is 24.0 Å². The van der Waals surface area contributed by atoms with E-state index in [0.29, 0.717) is 6.61 Å². The van der Waals surface area contributed by atoms with E-state index in [2.05, 4.69) is 55.5 Å². The van der Waals surface area contributed by atoms with E-state index in [1.54, 1.807) is 0 Å². The first-order valence-electron chi connectivity index (χ1n) is 8.34. The van der Waals surface area contributed by atoms with Gasteiger partial charge in [0.25, 0.3) is 0 Å². The summed E-state index contributed by atoms with van der Waals surface area (Å²) in [6.45, 7) is 2.82. The second kappa shape index (κ2) is 7.69. The quantitative estimate of drug-likeness (QED) is 0.758. The maximum atomic E-state index is 5.79. The molecule has 0 aliphatic heterocycles. The van der Waals surface area contributed by atoms with Crippen LogP contribution >= 0.6 is 0 Å². The van der Waals surface area contributed by atoms with E-state index < -0.39 is 0 Å². The van der Waals surface area contributed by atoms with E-state index >= 15 is 0 Å². The maximum Gasteiger partial charge on any atom is 0.119 e. The van der Waals surface area contributed by atoms with Crippen molar-refractivity contribution in [3.63, 3.8) is 0 Å². The Morgan fingerprint density at radius 2 is 1.75 bits per heavy atom. The number of aryl methyl sites for hydroxylation is 1. The summed E-state index contributed by atoms with van der Waals surface area (Å²) in [4.78, 5) is 0. The number of rotatable bonds is 5. The van der Waals surface area contributed by atoms with Gasteiger partial charge in [-0.1, -0.05) is 48.6 Å². The fraction of sp³-hybridized carbons (Fsp3) is 0.182. The first-order valence-corrected chi connectivity index (χ1v) is 8.34. The molecule has 0 atom stereocenters. The molecule has 1 aliphatic carbocycles. The van der Waals surface area contributed by atoms with Crippen LogP contribution in [0, 0.1) is 6.92 Å². The topological polar surface area (TPSA) is 35.2 Å². The zero-order chi connectivity index (χ0) is 16.8. The first-order chi connectivity index (χ1) is 11.7. The Hall–Kier alpha value is -2.74. The molecule has 0 saturated carbocycles. The van der Waals surface area contributed by atoms with Gasteiger partial charge in [-0.2, -0.15) is 0 Å². The van der Waals surface area contributed by atoms with Gasteiger partial charge in [0.05, 0.1) is 6.61 Å². The van der Waals surface area contributed by atoms with Crippen LogP contribution < -0.4 is 10.5 Å². The summed E-state index contributed by atoms with van der Waals surface area (Å²) in [5, 5.41) is 0. The molecule has 24 heavy (non-hydrogen) atoms. The predicted molar refractivity (Wildman–Crippen MR) is 102 cm³/mol. The third-order valence-electron chi connectivity index (χ3n) is 4.19. The van der Waals surface area contributed by atoms with E-state index in [1.165, 1.54) is 22.3 Å². The van der Waals surface area contributed by atoms with Gasteiger partial charge in [-0.3, -0.25) is 0 Å². The Morgan fingerprint density at radius 3 is 2.54 bits per heavy atom. The van der Waals surface area contributed by atoms with Gasteiger partial charge >= 0.3 is 0 Å². The summed E-state index contributed by atoms with van der Waals surface area (Å²) in [6.07, 6.45) is 10.8. The fourth-order valence-electron chi connectivity index (χ4n) is 2.80. The van der Waals surface area contributed by atoms with Crippen LogP contribution in [0.15, 0.2) is 78.4 Å². The Balaban J connectivity index is 1.57. The van der Waals surface area contributed by atoms with Crippen LogP contribution in [-0.2, 0) is 0 Å². The van der Waals surface area contributed by atoms with Gasteiger partial charge in [-0.05, 0) is 59.9 Å². The molecule has 1 aliphatic rings. The summed E-state index contributed by atoms with van der Waals surface area (Å²) in [7, 11) is 0. The minimum Gasteiger partial charge on any atom is -0.493 e. The van der Waals surface area contributed by atoms with E-state index in [1.807, 2.05) is 24.3 Å². The first kappa shape index (κ1) is 16.1. The SMILES string of the molecule is Cc1ccccc1C1=CCC=C(CCOc2ccc(N)cc2)C=C1. The summed E-state index contributed by atoms with van der Waals surface area (Å²) < 4.78 is 5.79. The van der Waals surface area contributed by atoms with Gasteiger partial charge in [0.1, 0.15) is 5.75 Å². The Labute approximate surface area is 144 Å². The van der Waals surface area contributed by atoms with Crippen molar-refractivity contribution >= 4 is 11.3 Å². The average molecular weight is 317 g/mol. The molecule has 0 aromatic heterocycles. The highest BCUT2D eigenvalue weighted by atomic mass is 16.5. The van der Waals surface area contributed by atoms with Crippen LogP contribution in [0.5, 0.6) is 5.75 Å². The average Bonchev–Trinajstić information content (AvgIpc) is 2.83. The molecular weight excluding hydrogens is 294 g/mol. The van der Waals surface area contributed by atoms with Crippen LogP contribution in [0.25, 0.3) is 5.57 Å². The highest BCUT2D eigenvalue weighted by Gasteiger charge is 2.04. The second-order valence-electron chi connectivity index (χ2n) is 5.99. The minimum absolute atomic E-state index is 0.666. The molecule has 0 amide bonds. The van der Waals surface area contributed by atoms with Crippen molar-refractivity contribution in [2.24, 2.45) is 0 Å². The van der Waals surface area contributed by atoms with Gasteiger partial charge < -0.3 is 10.5 Å². The van der Waals surface area contributed by atoms with Gasteiger partial charge in [0.15, 0.2) is 0 Å². The molecular formula is C22H23NO. The molecule has 0 bridgehead atoms. The molecule has 0 unspecified atom stereocenters. The van der Waals surface area contributed by atoms with E-state index in [9.17, 15) is 0 Å². The lowest BCUT2D eigenvalue weighted by Gasteiger charge is -2.07. The van der Waals surface area contributed by atoms with Crippen molar-refractivity contribution < 1.29 is 4.74 Å². The van der Waals surface area contributed by atoms with Gasteiger partial charge in [0.2, 0.25) is 0 Å². The monoisotopic (exact) mass is 317 g/mol. The lowest BCUT2D eigenvalue weighted by Crippen LogP contribution is -1.98. The van der Waals surface area contributed by atoms with E-state index in [-0.39, 0.29) is 0 Å². The fourth-order valence-corrected chi connectivity index (χ4v) is 2.80. The van der Waals surface area contributed by atoms with E-state index in [0.717, 1.165) is 24.3 Å². The number of allylic oxidation sites excluding steroid dienone is 5. The van der Waals surface area contributed by atoms with Crippen molar-refractivity contribution in [3.05, 3.63) is 89.5 Å². The van der Waals surface area contributed by atoms with Crippen molar-refractivity contribution in [2.75, 3.05) is 12.3 Å². The zero-order valence-corrected chi connectivity index (χ0v) is 14.0. The highest BCUT2D eigenvalue weighted by Crippen LogP contribution is 2.24. The van der Waals surface area contributed by atoms with Crippen LogP contribution in [-0.4, -0.2) is 6.61 Å². The molecule has 2 N–H and O–H groups in total. The predicted octanol–water partition coefficient (Wildman–Crippen LogP) is 5.32. The third kappa shape index (κ3) is 4.17. The Morgan fingerprint density at radius 1 is 0.958 bits per heavy atom. The highest BCUT2D eigenvalue weighted by molar-refractivity contribution is 5.77. The number of anilines is 1. The van der Waals surface area contributed by atoms with E-state index in [4.69, 9.17) is 10.5 Å². The summed E-state index contributed by atoms with van der Waals surface area (Å²) in [5.41, 5.74) is 11.7. The minimum atomic E-state index is 0.666. The number of hydrogen-bond acceptors (Lipinski definition) is 2. The molecule has 2 heteroatoms. The number of nitrogen functional groups attached to an aromatic ring is 1. The second-order valence-corrected chi connectivity index (χ2v) is 5.99. The number of nitrogens with two attached hydrogens (primary N) is 1. The zero-order valence-electron chi connectivity index (χ0n) is 14.0. The molecule has 0 heterocycles. The van der Waals surface area contributed by atoms with Gasteiger partial charge in [-0.25, -0.2) is 0 Å². The largest absolute Gasteiger partial charge is 0.493 e. The molecule has 2 nitrogen and oxygen atoms in total. The standard InChI is InChI=1S/C22H23NO/c1-17-5-2-3-8-22(17)19-7-4-6-18(9-10-19)15-16-24-21-13-11-20(23)12-14-21/h2-3,5-14H,4,15-16,23H2,1H3. The smallest absolute Gasteiger partial charge is 0.119 e. The summed E-state index contributed by atoms with van der Waals surface area (Å²) in [6, 6.07) is 16.0. The third-order valence-corrected chi connectivity index (χ3v) is 4.19. The lowest BCUT2D eigenvalue weighted by atomic mass is 10.00. The maximum absolute atomic E-state index is 5.79. The number of ether oxygens (including phenoxy) is 1. The Bertz CT molecular complexity index is 782. The molecule has 122 valence electrons. The molecule has 0 saturated heterocycles. The number of benzene rings is 2. The van der Waals surface area contributed by atoms with Gasteiger partial charge in [0, 0.05) is 12.1 Å². The van der Waals surface area contributed by atoms with Crippen LogP contribution in [0.4, 0.5) is 5.69 Å². The molecule has 3 rings (SSSR count). The molecule has 2 aromatic carbocycles. The molecule has 0 radical (unpaired) electrons. The van der Waals surface area contributed by atoms with Crippen molar-refractivity contribution in [1.29, 1.82) is 0 Å². The van der Waals surface area contributed by atoms with Gasteiger partial charge in [-0.15, -0.1) is 0 Å². The lowest BCUT2D eigenvalue weighted by molar-refractivity contribution is 0.322. The summed E-state index contributed by atoms with van der Waals surface area (Å²) in [5.74, 6) is 0.862.